The number of hydrogen-bond acceptors (Lipinski definition) is 5. The van der Waals surface area contributed by atoms with E-state index in [9.17, 15) is 4.79 Å². The van der Waals surface area contributed by atoms with Crippen LogP contribution in [0.25, 0.3) is 0 Å². The smallest absolute Gasteiger partial charge is 0.255 e. The molecule has 0 amide bonds. The Bertz CT molecular complexity index is 530. The Balaban J connectivity index is 1.95. The molecule has 0 aliphatic rings. The Kier molecular flexibility index (Phi) is 3.62. The molecule has 18 heavy (non-hydrogen) atoms. The molecular weight excluding hydrogens is 234 g/mol. The minimum Gasteiger partial charge on any atom is -0.497 e. The molecule has 0 N–H and O–H groups in total. The molecule has 1 aromatic heterocycles. The van der Waals surface area contributed by atoms with Crippen molar-refractivity contribution in [3.63, 3.8) is 0 Å². The zero-order valence-electron chi connectivity index (χ0n) is 10.2. The number of ether oxygens (including phenoxy) is 2. The second kappa shape index (κ2) is 5.35. The van der Waals surface area contributed by atoms with Gasteiger partial charge in [0.05, 0.1) is 13.2 Å². The first-order valence-corrected chi connectivity index (χ1v) is 5.42. The van der Waals surface area contributed by atoms with Gasteiger partial charge < -0.3 is 14.0 Å². The van der Waals surface area contributed by atoms with Crippen molar-refractivity contribution in [2.24, 2.45) is 0 Å². The van der Waals surface area contributed by atoms with Crippen LogP contribution in [-0.4, -0.2) is 18.0 Å². The van der Waals surface area contributed by atoms with Gasteiger partial charge in [0.25, 0.3) is 5.88 Å². The van der Waals surface area contributed by atoms with Gasteiger partial charge in [0.1, 0.15) is 12.4 Å². The van der Waals surface area contributed by atoms with Gasteiger partial charge in [-0.15, -0.1) is 0 Å². The Hall–Kier alpha value is -2.30. The summed E-state index contributed by atoms with van der Waals surface area (Å²) >= 11 is 0. The molecule has 0 aliphatic heterocycles. The van der Waals surface area contributed by atoms with E-state index in [4.69, 9.17) is 14.0 Å². The summed E-state index contributed by atoms with van der Waals surface area (Å²) < 4.78 is 15.3. The van der Waals surface area contributed by atoms with Crippen molar-refractivity contribution < 1.29 is 18.8 Å². The number of methoxy groups -OCH3 is 1. The summed E-state index contributed by atoms with van der Waals surface area (Å²) in [6.07, 6.45) is 0. The number of aromatic nitrogens is 1. The summed E-state index contributed by atoms with van der Waals surface area (Å²) in [5.74, 6) is 1.11. The SMILES string of the molecule is COc1ccc(COc2cc(C(C)=O)on2)cc1. The summed E-state index contributed by atoms with van der Waals surface area (Å²) in [6.45, 7) is 1.77. The van der Waals surface area contributed by atoms with E-state index in [1.54, 1.807) is 7.11 Å². The van der Waals surface area contributed by atoms with Crippen molar-refractivity contribution in [1.29, 1.82) is 0 Å². The fourth-order valence-electron chi connectivity index (χ4n) is 1.37. The number of Topliss-reactive ketones (excluding diaryl/α,β-unsaturated/α-hetero) is 1. The first-order chi connectivity index (χ1) is 8.69. The first-order valence-electron chi connectivity index (χ1n) is 5.42. The van der Waals surface area contributed by atoms with Crippen LogP contribution in [0.5, 0.6) is 11.6 Å². The molecule has 0 aliphatic carbocycles. The van der Waals surface area contributed by atoms with Crippen LogP contribution in [0.2, 0.25) is 0 Å². The van der Waals surface area contributed by atoms with E-state index in [0.29, 0.717) is 12.5 Å². The van der Waals surface area contributed by atoms with E-state index in [2.05, 4.69) is 5.16 Å². The highest BCUT2D eigenvalue weighted by Crippen LogP contribution is 2.15. The third-order valence-corrected chi connectivity index (χ3v) is 2.38. The third kappa shape index (κ3) is 2.88. The van der Waals surface area contributed by atoms with E-state index < -0.39 is 0 Å². The highest BCUT2D eigenvalue weighted by atomic mass is 16.5. The molecule has 0 radical (unpaired) electrons. The standard InChI is InChI=1S/C13H13NO4/c1-9(15)12-7-13(14-18-12)17-8-10-3-5-11(16-2)6-4-10/h3-7H,8H2,1-2H3. The van der Waals surface area contributed by atoms with Crippen molar-refractivity contribution in [1.82, 2.24) is 5.16 Å². The molecular formula is C13H13NO4. The van der Waals surface area contributed by atoms with E-state index in [-0.39, 0.29) is 11.5 Å². The van der Waals surface area contributed by atoms with Crippen LogP contribution >= 0.6 is 0 Å². The Morgan fingerprint density at radius 2 is 2.06 bits per heavy atom. The van der Waals surface area contributed by atoms with Crippen molar-refractivity contribution >= 4 is 5.78 Å². The molecule has 94 valence electrons. The van der Waals surface area contributed by atoms with Crippen LogP contribution in [0.15, 0.2) is 34.9 Å². The lowest BCUT2D eigenvalue weighted by Crippen LogP contribution is -1.95. The van der Waals surface area contributed by atoms with E-state index in [1.165, 1.54) is 13.0 Å². The van der Waals surface area contributed by atoms with Gasteiger partial charge in [0.15, 0.2) is 5.78 Å². The summed E-state index contributed by atoms with van der Waals surface area (Å²) in [4.78, 5) is 11.0. The number of ketones is 1. The number of carbonyl (C=O) groups is 1. The maximum Gasteiger partial charge on any atom is 0.255 e. The Morgan fingerprint density at radius 3 is 2.61 bits per heavy atom. The van der Waals surface area contributed by atoms with Crippen LogP contribution < -0.4 is 9.47 Å². The van der Waals surface area contributed by atoms with Gasteiger partial charge >= 0.3 is 0 Å². The van der Waals surface area contributed by atoms with Gasteiger partial charge in [-0.3, -0.25) is 4.79 Å². The van der Waals surface area contributed by atoms with Crippen LogP contribution in [-0.2, 0) is 6.61 Å². The molecule has 0 saturated heterocycles. The van der Waals surface area contributed by atoms with Crippen LogP contribution in [0.3, 0.4) is 0 Å². The number of nitrogens with zero attached hydrogens (tertiary/aromatic N) is 1. The van der Waals surface area contributed by atoms with Gasteiger partial charge in [-0.25, -0.2) is 0 Å². The summed E-state index contributed by atoms with van der Waals surface area (Å²) in [5, 5.41) is 3.64. The predicted molar refractivity (Wildman–Crippen MR) is 63.8 cm³/mol. The molecule has 5 nitrogen and oxygen atoms in total. The number of rotatable bonds is 5. The molecule has 0 saturated carbocycles. The van der Waals surface area contributed by atoms with Crippen LogP contribution in [0, 0.1) is 0 Å². The molecule has 2 rings (SSSR count). The Morgan fingerprint density at radius 1 is 1.33 bits per heavy atom. The van der Waals surface area contributed by atoms with Gasteiger partial charge in [0.2, 0.25) is 5.76 Å². The highest BCUT2D eigenvalue weighted by Gasteiger charge is 2.09. The molecule has 0 bridgehead atoms. The number of hydrogen-bond donors (Lipinski definition) is 0. The topological polar surface area (TPSA) is 61.6 Å². The van der Waals surface area contributed by atoms with Crippen molar-refractivity contribution in [2.75, 3.05) is 7.11 Å². The van der Waals surface area contributed by atoms with Crippen LogP contribution in [0.1, 0.15) is 23.0 Å². The fourth-order valence-corrected chi connectivity index (χ4v) is 1.37. The Labute approximate surface area is 104 Å². The molecule has 0 atom stereocenters. The minimum atomic E-state index is -0.179. The second-order valence-corrected chi connectivity index (χ2v) is 3.72. The van der Waals surface area contributed by atoms with Gasteiger partial charge in [0, 0.05) is 6.92 Å². The third-order valence-electron chi connectivity index (χ3n) is 2.38. The second-order valence-electron chi connectivity index (χ2n) is 3.72. The van der Waals surface area contributed by atoms with E-state index >= 15 is 0 Å². The maximum atomic E-state index is 11.0. The zero-order valence-corrected chi connectivity index (χ0v) is 10.2. The molecule has 0 spiro atoms. The van der Waals surface area contributed by atoms with Crippen molar-refractivity contribution in [3.8, 4) is 11.6 Å². The summed E-state index contributed by atoms with van der Waals surface area (Å²) in [7, 11) is 1.62. The maximum absolute atomic E-state index is 11.0. The highest BCUT2D eigenvalue weighted by molar-refractivity contribution is 5.91. The molecule has 5 heteroatoms. The lowest BCUT2D eigenvalue weighted by Gasteiger charge is -2.03. The molecule has 1 aromatic carbocycles. The van der Waals surface area contributed by atoms with Gasteiger partial charge in [-0.2, -0.15) is 0 Å². The van der Waals surface area contributed by atoms with Gasteiger partial charge in [-0.1, -0.05) is 12.1 Å². The monoisotopic (exact) mass is 247 g/mol. The van der Waals surface area contributed by atoms with E-state index in [1.807, 2.05) is 24.3 Å². The quantitative estimate of drug-likeness (QED) is 0.759. The van der Waals surface area contributed by atoms with Crippen molar-refractivity contribution in [3.05, 3.63) is 41.7 Å². The lowest BCUT2D eigenvalue weighted by atomic mass is 10.2. The summed E-state index contributed by atoms with van der Waals surface area (Å²) in [5.41, 5.74) is 0.975. The first kappa shape index (κ1) is 12.2. The van der Waals surface area contributed by atoms with E-state index in [0.717, 1.165) is 11.3 Å². The fraction of sp³-hybridized carbons (Fsp3) is 0.231. The normalized spacial score (nSPS) is 10.1. The largest absolute Gasteiger partial charge is 0.497 e. The number of carbonyl (C=O) groups excluding carboxylic acids is 1. The van der Waals surface area contributed by atoms with Crippen molar-refractivity contribution in [2.45, 2.75) is 13.5 Å². The average Bonchev–Trinajstić information content (AvgIpc) is 2.86. The lowest BCUT2D eigenvalue weighted by molar-refractivity contribution is 0.0978. The predicted octanol–water partition coefficient (Wildman–Crippen LogP) is 2.46. The van der Waals surface area contributed by atoms with Crippen LogP contribution in [0.4, 0.5) is 0 Å². The number of benzene rings is 1. The minimum absolute atomic E-state index is 0.179. The summed E-state index contributed by atoms with van der Waals surface area (Å²) in [6, 6.07) is 8.96. The molecule has 2 aromatic rings. The van der Waals surface area contributed by atoms with Gasteiger partial charge in [-0.05, 0) is 22.9 Å². The zero-order chi connectivity index (χ0) is 13.0. The average molecular weight is 247 g/mol. The molecule has 1 heterocycles. The molecule has 0 unspecified atom stereocenters. The molecule has 0 fully saturated rings.